The summed E-state index contributed by atoms with van der Waals surface area (Å²) in [5.41, 5.74) is 5.14. The summed E-state index contributed by atoms with van der Waals surface area (Å²) in [6.45, 7) is 3.77. The van der Waals surface area contributed by atoms with Gasteiger partial charge in [0.05, 0.1) is 29.7 Å². The van der Waals surface area contributed by atoms with Gasteiger partial charge in [0, 0.05) is 24.6 Å². The number of amides is 1. The summed E-state index contributed by atoms with van der Waals surface area (Å²) in [5.74, 6) is -0.244. The highest BCUT2D eigenvalue weighted by Gasteiger charge is 2.35. The van der Waals surface area contributed by atoms with Crippen LogP contribution in [0, 0.1) is 12.8 Å². The van der Waals surface area contributed by atoms with Crippen molar-refractivity contribution in [2.24, 2.45) is 5.92 Å². The maximum Gasteiger partial charge on any atom is 0.414 e. The number of nitrogens with zero attached hydrogens (tertiary/aromatic N) is 4. The Morgan fingerprint density at radius 1 is 1.15 bits per heavy atom. The summed E-state index contributed by atoms with van der Waals surface area (Å²) >= 11 is 0. The van der Waals surface area contributed by atoms with Crippen molar-refractivity contribution >= 4 is 39.9 Å². The molecule has 1 aliphatic heterocycles. The molecular formula is C29H32N4O6. The highest BCUT2D eigenvalue weighted by atomic mass is 16.5. The Morgan fingerprint density at radius 2 is 1.97 bits per heavy atom. The third kappa shape index (κ3) is 4.23. The van der Waals surface area contributed by atoms with Gasteiger partial charge in [-0.2, -0.15) is 0 Å². The highest BCUT2D eigenvalue weighted by Crippen LogP contribution is 2.42. The molecule has 1 fully saturated rings. The zero-order chi connectivity index (χ0) is 27.4. The molecule has 10 heteroatoms. The van der Waals surface area contributed by atoms with Crippen molar-refractivity contribution < 1.29 is 29.0 Å². The first-order valence-electron chi connectivity index (χ1n) is 13.5. The number of aryl methyl sites for hydroxylation is 2. The van der Waals surface area contributed by atoms with Gasteiger partial charge in [-0.25, -0.2) is 14.8 Å². The van der Waals surface area contributed by atoms with Crippen molar-refractivity contribution in [3.8, 4) is 0 Å². The number of rotatable bonds is 4. The van der Waals surface area contributed by atoms with E-state index in [0.717, 1.165) is 48.0 Å². The Balaban J connectivity index is 1.53. The van der Waals surface area contributed by atoms with Crippen LogP contribution in [-0.4, -0.2) is 50.0 Å². The molecule has 1 aliphatic carbocycles. The number of aliphatic hydroxyl groups is 1. The number of aliphatic hydroxyl groups excluding tert-OH is 1. The molecule has 2 aliphatic rings. The van der Waals surface area contributed by atoms with Crippen LogP contribution in [0.4, 0.5) is 10.5 Å². The number of oxazole rings is 1. The Bertz CT molecular complexity index is 1590. The van der Waals surface area contributed by atoms with E-state index >= 15 is 0 Å². The Morgan fingerprint density at radius 3 is 2.74 bits per heavy atom. The monoisotopic (exact) mass is 532 g/mol. The van der Waals surface area contributed by atoms with Gasteiger partial charge in [0.2, 0.25) is 0 Å². The van der Waals surface area contributed by atoms with Crippen LogP contribution in [0.2, 0.25) is 0 Å². The van der Waals surface area contributed by atoms with E-state index in [1.165, 1.54) is 7.11 Å². The molecule has 204 valence electrons. The number of carbonyl (C=O) groups is 2. The van der Waals surface area contributed by atoms with E-state index in [2.05, 4.69) is 4.98 Å². The number of carbonyl (C=O) groups excluding carboxylic acids is 1. The van der Waals surface area contributed by atoms with Crippen LogP contribution in [-0.2, 0) is 16.0 Å². The molecule has 2 aromatic heterocycles. The van der Waals surface area contributed by atoms with Gasteiger partial charge >= 0.3 is 12.1 Å². The second-order valence-electron chi connectivity index (χ2n) is 10.7. The van der Waals surface area contributed by atoms with Gasteiger partial charge in [0.25, 0.3) is 0 Å². The van der Waals surface area contributed by atoms with E-state index in [-0.39, 0.29) is 12.1 Å². The van der Waals surface area contributed by atoms with E-state index in [1.54, 1.807) is 30.0 Å². The van der Waals surface area contributed by atoms with Crippen LogP contribution in [0.5, 0.6) is 0 Å². The molecule has 3 unspecified atom stereocenters. The van der Waals surface area contributed by atoms with Gasteiger partial charge in [-0.3, -0.25) is 9.69 Å². The average molecular weight is 533 g/mol. The standard InChI is InChI=1S/C29H32N4O6/c1-15-7-9-20-22(32(15)29(37)38-3)10-11-23-25(20)31-27(33(23)19-6-4-5-18(13-19)28(35)36)26(34)17-8-12-24-21(14-17)30-16(2)39-24/h8,10-12,14-15,18-19,26,34H,4-7,9,13H2,1-3H3,(H,35,36)/t15-,18?,19?,26?/m0/s1. The SMILES string of the molecule is COC(=O)N1c2ccc3c(nc(C(O)c4ccc5oc(C)nc5c4)n3C3CCCC(C(=O)O)C3)c2CC[C@@H]1C. The number of fused-ring (bicyclic) bond motifs is 4. The summed E-state index contributed by atoms with van der Waals surface area (Å²) < 4.78 is 12.7. The smallest absolute Gasteiger partial charge is 0.414 e. The molecule has 3 heterocycles. The average Bonchev–Trinajstić information content (AvgIpc) is 3.51. The minimum absolute atomic E-state index is 0.0261. The number of carboxylic acids is 1. The summed E-state index contributed by atoms with van der Waals surface area (Å²) in [6.07, 6.45) is 2.65. The first-order chi connectivity index (χ1) is 18.8. The fourth-order valence-corrected chi connectivity index (χ4v) is 6.37. The van der Waals surface area contributed by atoms with Crippen LogP contribution in [0.25, 0.3) is 22.1 Å². The van der Waals surface area contributed by atoms with Crippen molar-refractivity contribution in [1.29, 1.82) is 0 Å². The Hall–Kier alpha value is -3.92. The second-order valence-corrected chi connectivity index (χ2v) is 10.7. The molecule has 0 spiro atoms. The van der Waals surface area contributed by atoms with Gasteiger partial charge in [-0.1, -0.05) is 12.5 Å². The van der Waals surface area contributed by atoms with Gasteiger partial charge in [-0.15, -0.1) is 0 Å². The van der Waals surface area contributed by atoms with Gasteiger partial charge < -0.3 is 23.9 Å². The number of aliphatic carboxylic acids is 1. The number of anilines is 1. The minimum Gasteiger partial charge on any atom is -0.481 e. The molecule has 1 saturated carbocycles. The number of hydrogen-bond donors (Lipinski definition) is 2. The first kappa shape index (κ1) is 25.4. The molecular weight excluding hydrogens is 500 g/mol. The maximum absolute atomic E-state index is 12.7. The second kappa shape index (κ2) is 9.68. The van der Waals surface area contributed by atoms with Crippen molar-refractivity contribution in [1.82, 2.24) is 14.5 Å². The summed E-state index contributed by atoms with van der Waals surface area (Å²) in [4.78, 5) is 35.7. The predicted octanol–water partition coefficient (Wildman–Crippen LogP) is 5.29. The number of aromatic nitrogens is 3. The molecule has 0 radical (unpaired) electrons. The lowest BCUT2D eigenvalue weighted by molar-refractivity contribution is -0.143. The molecule has 2 N–H and O–H groups in total. The maximum atomic E-state index is 12.7. The third-order valence-corrected chi connectivity index (χ3v) is 8.29. The van der Waals surface area contributed by atoms with E-state index in [4.69, 9.17) is 14.1 Å². The molecule has 2 aromatic carbocycles. The predicted molar refractivity (Wildman–Crippen MR) is 144 cm³/mol. The van der Waals surface area contributed by atoms with Crippen molar-refractivity contribution in [2.45, 2.75) is 70.6 Å². The lowest BCUT2D eigenvalue weighted by atomic mass is 9.85. The van der Waals surface area contributed by atoms with Gasteiger partial charge in [-0.05, 0) is 68.9 Å². The van der Waals surface area contributed by atoms with Crippen molar-refractivity contribution in [3.05, 3.63) is 53.2 Å². The third-order valence-electron chi connectivity index (χ3n) is 8.29. The van der Waals surface area contributed by atoms with Crippen LogP contribution in [0.15, 0.2) is 34.7 Å². The normalized spacial score (nSPS) is 22.2. The molecule has 4 aromatic rings. The van der Waals surface area contributed by atoms with E-state index in [1.807, 2.05) is 23.6 Å². The number of benzene rings is 2. The molecule has 4 atom stereocenters. The van der Waals surface area contributed by atoms with E-state index < -0.39 is 24.1 Å². The van der Waals surface area contributed by atoms with Gasteiger partial charge in [0.1, 0.15) is 17.4 Å². The lowest BCUT2D eigenvalue weighted by Gasteiger charge is -2.34. The molecule has 0 saturated heterocycles. The Labute approximate surface area is 225 Å². The van der Waals surface area contributed by atoms with Crippen molar-refractivity contribution in [3.63, 3.8) is 0 Å². The fourth-order valence-electron chi connectivity index (χ4n) is 6.37. The van der Waals surface area contributed by atoms with Crippen LogP contribution in [0.3, 0.4) is 0 Å². The molecule has 6 rings (SSSR count). The molecule has 0 bridgehead atoms. The molecule has 39 heavy (non-hydrogen) atoms. The van der Waals surface area contributed by atoms with Crippen LogP contribution in [0.1, 0.15) is 74.0 Å². The molecule has 10 nitrogen and oxygen atoms in total. The number of methoxy groups -OCH3 is 1. The summed E-state index contributed by atoms with van der Waals surface area (Å²) in [6, 6.07) is 9.08. The minimum atomic E-state index is -1.07. The number of imidazole rings is 1. The summed E-state index contributed by atoms with van der Waals surface area (Å²) in [7, 11) is 1.38. The molecule has 1 amide bonds. The van der Waals surface area contributed by atoms with Crippen LogP contribution >= 0.6 is 0 Å². The number of carboxylic acid groups (broad SMARTS) is 1. The first-order valence-corrected chi connectivity index (χ1v) is 13.5. The largest absolute Gasteiger partial charge is 0.481 e. The lowest BCUT2D eigenvalue weighted by Crippen LogP contribution is -2.42. The fraction of sp³-hybridized carbons (Fsp3) is 0.448. The van der Waals surface area contributed by atoms with Crippen LogP contribution < -0.4 is 4.90 Å². The topological polar surface area (TPSA) is 131 Å². The zero-order valence-electron chi connectivity index (χ0n) is 22.3. The van der Waals surface area contributed by atoms with E-state index in [9.17, 15) is 19.8 Å². The highest BCUT2D eigenvalue weighted by molar-refractivity contribution is 5.95. The Kier molecular flexibility index (Phi) is 6.29. The van der Waals surface area contributed by atoms with Crippen molar-refractivity contribution in [2.75, 3.05) is 12.0 Å². The zero-order valence-corrected chi connectivity index (χ0v) is 22.3. The summed E-state index contributed by atoms with van der Waals surface area (Å²) in [5, 5.41) is 21.5. The number of ether oxygens (including phenoxy) is 1. The quantitative estimate of drug-likeness (QED) is 0.362. The van der Waals surface area contributed by atoms with E-state index in [0.29, 0.717) is 41.2 Å². The number of hydrogen-bond acceptors (Lipinski definition) is 7. The van der Waals surface area contributed by atoms with Gasteiger partial charge in [0.15, 0.2) is 11.5 Å².